The van der Waals surface area contributed by atoms with Crippen molar-refractivity contribution in [1.82, 2.24) is 24.6 Å². The zero-order valence-electron chi connectivity index (χ0n) is 26.6. The Morgan fingerprint density at radius 2 is 1.84 bits per heavy atom. The second-order valence-corrected chi connectivity index (χ2v) is 12.4. The third-order valence-electron chi connectivity index (χ3n) is 7.65. The van der Waals surface area contributed by atoms with Gasteiger partial charge in [-0.25, -0.2) is 0 Å². The Kier molecular flexibility index (Phi) is 15.0. The summed E-state index contributed by atoms with van der Waals surface area (Å²) in [5.41, 5.74) is 0.960. The Balaban J connectivity index is 1.88. The van der Waals surface area contributed by atoms with E-state index in [4.69, 9.17) is 14.2 Å². The van der Waals surface area contributed by atoms with Crippen LogP contribution in [0.2, 0.25) is 0 Å². The van der Waals surface area contributed by atoms with Gasteiger partial charge in [0.2, 0.25) is 11.8 Å². The third-order valence-corrected chi connectivity index (χ3v) is 8.60. The van der Waals surface area contributed by atoms with Crippen molar-refractivity contribution in [1.29, 1.82) is 0 Å². The number of aliphatic hydroxyl groups is 2. The van der Waals surface area contributed by atoms with Crippen LogP contribution >= 0.6 is 11.8 Å². The number of methoxy groups -OCH3 is 2. The number of benzene rings is 1. The van der Waals surface area contributed by atoms with Gasteiger partial charge in [0, 0.05) is 58.6 Å². The van der Waals surface area contributed by atoms with Crippen LogP contribution in [0.25, 0.3) is 11.4 Å². The molecular weight excluding hydrogens is 586 g/mol. The van der Waals surface area contributed by atoms with Gasteiger partial charge < -0.3 is 38.8 Å². The van der Waals surface area contributed by atoms with Crippen molar-refractivity contribution in [3.05, 3.63) is 30.3 Å². The molecule has 246 valence electrons. The van der Waals surface area contributed by atoms with E-state index in [0.717, 1.165) is 11.4 Å². The van der Waals surface area contributed by atoms with Gasteiger partial charge >= 0.3 is 0 Å². The average molecular weight is 636 g/mol. The number of rotatable bonds is 10. The van der Waals surface area contributed by atoms with Crippen molar-refractivity contribution in [3.8, 4) is 11.4 Å². The van der Waals surface area contributed by atoms with Gasteiger partial charge in [-0.3, -0.25) is 9.59 Å². The molecule has 2 N–H and O–H groups in total. The number of aromatic nitrogens is 3. The van der Waals surface area contributed by atoms with Gasteiger partial charge in [0.15, 0.2) is 11.0 Å². The van der Waals surface area contributed by atoms with Crippen LogP contribution in [0.15, 0.2) is 35.5 Å². The summed E-state index contributed by atoms with van der Waals surface area (Å²) >= 11 is 1.36. The van der Waals surface area contributed by atoms with E-state index in [1.807, 2.05) is 46.7 Å². The van der Waals surface area contributed by atoms with Crippen LogP contribution in [-0.2, 0) is 30.3 Å². The molecule has 1 aliphatic rings. The van der Waals surface area contributed by atoms with Crippen molar-refractivity contribution >= 4 is 23.6 Å². The quantitative estimate of drug-likeness (QED) is 0.374. The molecule has 1 aromatic carbocycles. The minimum absolute atomic E-state index is 0.0180. The number of carbonyl (C=O) groups is 2. The highest BCUT2D eigenvalue weighted by molar-refractivity contribution is 7.99. The molecule has 44 heavy (non-hydrogen) atoms. The van der Waals surface area contributed by atoms with Gasteiger partial charge in [0.25, 0.3) is 0 Å². The van der Waals surface area contributed by atoms with Crippen LogP contribution < -0.4 is 0 Å². The van der Waals surface area contributed by atoms with Gasteiger partial charge in [-0.15, -0.1) is 10.2 Å². The fraction of sp³-hybridized carbons (Fsp3) is 0.677. The zero-order valence-corrected chi connectivity index (χ0v) is 27.4. The lowest BCUT2D eigenvalue weighted by Crippen LogP contribution is -2.54. The SMILES string of the molecule is CCn1c(SCC(=O)N2CCCCOC[C@@H](O)[C@@H](O)[C@H](OC)CN(C(=O)COC)C[C@@H]2CC(C)C)nnc1-c1ccccc1. The van der Waals surface area contributed by atoms with Crippen LogP contribution in [0.5, 0.6) is 0 Å². The first-order chi connectivity index (χ1) is 21.2. The molecule has 0 bridgehead atoms. The summed E-state index contributed by atoms with van der Waals surface area (Å²) in [5, 5.41) is 30.8. The van der Waals surface area contributed by atoms with Gasteiger partial charge in [-0.1, -0.05) is 55.9 Å². The Labute approximate surface area is 265 Å². The molecule has 0 spiro atoms. The number of thioether (sulfide) groups is 1. The number of nitrogens with zero attached hydrogens (tertiary/aromatic N) is 5. The lowest BCUT2D eigenvalue weighted by Gasteiger charge is -2.38. The van der Waals surface area contributed by atoms with Gasteiger partial charge in [-0.2, -0.15) is 0 Å². The van der Waals surface area contributed by atoms with Crippen molar-refractivity contribution in [2.75, 3.05) is 59.4 Å². The molecule has 13 heteroatoms. The molecule has 2 heterocycles. The van der Waals surface area contributed by atoms with Crippen molar-refractivity contribution in [2.45, 2.75) is 76.1 Å². The number of ether oxygens (including phenoxy) is 3. The molecular formula is C31H49N5O7S. The minimum Gasteiger partial charge on any atom is -0.388 e. The predicted octanol–water partition coefficient (Wildman–Crippen LogP) is 2.32. The monoisotopic (exact) mass is 635 g/mol. The molecule has 0 aliphatic carbocycles. The summed E-state index contributed by atoms with van der Waals surface area (Å²) in [7, 11) is 2.88. The molecule has 4 atom stereocenters. The maximum Gasteiger partial charge on any atom is 0.248 e. The molecule has 1 aliphatic heterocycles. The Hall–Kier alpha value is -2.55. The Morgan fingerprint density at radius 1 is 1.09 bits per heavy atom. The van der Waals surface area contributed by atoms with E-state index in [9.17, 15) is 19.8 Å². The maximum absolute atomic E-state index is 14.0. The van der Waals surface area contributed by atoms with E-state index in [0.29, 0.717) is 44.1 Å². The molecule has 1 aromatic heterocycles. The molecule has 0 radical (unpaired) electrons. The second-order valence-electron chi connectivity index (χ2n) is 11.4. The van der Waals surface area contributed by atoms with Gasteiger partial charge in [0.1, 0.15) is 24.9 Å². The van der Waals surface area contributed by atoms with Crippen LogP contribution in [0.4, 0.5) is 0 Å². The topological polar surface area (TPSA) is 139 Å². The summed E-state index contributed by atoms with van der Waals surface area (Å²) in [4.78, 5) is 30.7. The predicted molar refractivity (Wildman–Crippen MR) is 168 cm³/mol. The first-order valence-electron chi connectivity index (χ1n) is 15.3. The minimum atomic E-state index is -1.27. The summed E-state index contributed by atoms with van der Waals surface area (Å²) in [5.74, 6) is 0.812. The summed E-state index contributed by atoms with van der Waals surface area (Å²) < 4.78 is 18.3. The largest absolute Gasteiger partial charge is 0.388 e. The highest BCUT2D eigenvalue weighted by atomic mass is 32.2. The number of hydrogen-bond acceptors (Lipinski definition) is 10. The summed E-state index contributed by atoms with van der Waals surface area (Å²) in [6.07, 6.45) is -1.30. The van der Waals surface area contributed by atoms with Crippen LogP contribution in [-0.4, -0.2) is 130 Å². The molecule has 1 saturated heterocycles. The average Bonchev–Trinajstić information content (AvgIpc) is 3.43. The number of hydrogen-bond donors (Lipinski definition) is 2. The van der Waals surface area contributed by atoms with Gasteiger partial charge in [0.05, 0.1) is 12.4 Å². The Morgan fingerprint density at radius 3 is 2.50 bits per heavy atom. The van der Waals surface area contributed by atoms with Crippen LogP contribution in [0.1, 0.15) is 40.0 Å². The number of carbonyl (C=O) groups excluding carboxylic acids is 2. The van der Waals surface area contributed by atoms with Crippen LogP contribution in [0.3, 0.4) is 0 Å². The smallest absolute Gasteiger partial charge is 0.248 e. The Bertz CT molecular complexity index is 1150. The normalized spacial score (nSPS) is 22.6. The van der Waals surface area contributed by atoms with E-state index in [1.54, 1.807) is 4.90 Å². The van der Waals surface area contributed by atoms with E-state index in [1.165, 1.54) is 26.0 Å². The molecule has 2 aromatic rings. The lowest BCUT2D eigenvalue weighted by atomic mass is 10.00. The summed E-state index contributed by atoms with van der Waals surface area (Å²) in [6, 6.07) is 9.55. The standard InChI is InChI=1S/C31H49N5O7S/c1-6-35-30(23-12-8-7-9-13-23)32-33-31(35)44-21-28(39)36-14-10-11-15-43-19-25(37)29(40)26(42-5)18-34(27(38)20-41-4)17-24(36)16-22(2)3/h7-9,12-13,22,24-26,29,37,40H,6,10-11,14-21H2,1-5H3/t24-,25+,26+,29+/m0/s1. The zero-order chi connectivity index (χ0) is 32.1. The van der Waals surface area contributed by atoms with Crippen molar-refractivity contribution in [2.24, 2.45) is 5.92 Å². The van der Waals surface area contributed by atoms with Crippen LogP contribution in [0, 0.1) is 5.92 Å². The molecule has 1 fully saturated rings. The third kappa shape index (κ3) is 10.2. The highest BCUT2D eigenvalue weighted by Crippen LogP contribution is 2.25. The molecule has 0 unspecified atom stereocenters. The first kappa shape index (κ1) is 35.9. The van der Waals surface area contributed by atoms with Crippen molar-refractivity contribution in [3.63, 3.8) is 0 Å². The molecule has 0 saturated carbocycles. The van der Waals surface area contributed by atoms with E-state index in [2.05, 4.69) is 24.0 Å². The fourth-order valence-electron chi connectivity index (χ4n) is 5.37. The number of aliphatic hydroxyl groups excluding tert-OH is 2. The van der Waals surface area contributed by atoms with E-state index >= 15 is 0 Å². The molecule has 2 amide bonds. The fourth-order valence-corrected chi connectivity index (χ4v) is 6.26. The van der Waals surface area contributed by atoms with E-state index < -0.39 is 18.3 Å². The maximum atomic E-state index is 14.0. The number of amides is 2. The van der Waals surface area contributed by atoms with Gasteiger partial charge in [-0.05, 0) is 32.1 Å². The van der Waals surface area contributed by atoms with Crippen molar-refractivity contribution < 1.29 is 34.0 Å². The highest BCUT2D eigenvalue weighted by Gasteiger charge is 2.33. The van der Waals surface area contributed by atoms with E-state index in [-0.39, 0.29) is 55.8 Å². The first-order valence-corrected chi connectivity index (χ1v) is 16.3. The molecule has 12 nitrogen and oxygen atoms in total. The lowest BCUT2D eigenvalue weighted by molar-refractivity contribution is -0.145. The summed E-state index contributed by atoms with van der Waals surface area (Å²) in [6.45, 7) is 7.76. The molecule has 3 rings (SSSR count). The second kappa shape index (κ2) is 18.4.